The van der Waals surface area contributed by atoms with Gasteiger partial charge in [-0.05, 0) is 41.5 Å². The van der Waals surface area contributed by atoms with Crippen LogP contribution in [0.2, 0.25) is 0 Å². The standard InChI is InChI=1S/C13H8F2O3/c14-11-4-1-7(5-12(11)15)9-3-2-8(16)6-10(9)13(17)18/h1-6,16H,(H,17,18). The summed E-state index contributed by atoms with van der Waals surface area (Å²) in [6.45, 7) is 0. The minimum Gasteiger partial charge on any atom is -0.508 e. The van der Waals surface area contributed by atoms with Gasteiger partial charge in [0, 0.05) is 0 Å². The maximum absolute atomic E-state index is 13.1. The summed E-state index contributed by atoms with van der Waals surface area (Å²) in [5.41, 5.74) is 0.256. The molecular formula is C13H8F2O3. The maximum Gasteiger partial charge on any atom is 0.336 e. The van der Waals surface area contributed by atoms with Gasteiger partial charge in [0.05, 0.1) is 5.56 Å². The van der Waals surface area contributed by atoms with E-state index in [1.165, 1.54) is 18.2 Å². The number of rotatable bonds is 2. The van der Waals surface area contributed by atoms with Crippen LogP contribution < -0.4 is 0 Å². The molecule has 0 saturated heterocycles. The van der Waals surface area contributed by atoms with Crippen LogP contribution in [0.4, 0.5) is 8.78 Å². The van der Waals surface area contributed by atoms with Gasteiger partial charge < -0.3 is 10.2 Å². The minimum atomic E-state index is -1.26. The third kappa shape index (κ3) is 2.15. The molecule has 2 aromatic carbocycles. The highest BCUT2D eigenvalue weighted by Crippen LogP contribution is 2.28. The molecule has 0 aromatic heterocycles. The van der Waals surface area contributed by atoms with Crippen molar-refractivity contribution >= 4 is 5.97 Å². The monoisotopic (exact) mass is 250 g/mol. The predicted molar refractivity (Wildman–Crippen MR) is 60.4 cm³/mol. The molecule has 2 rings (SSSR count). The number of phenolic OH excluding ortho intramolecular Hbond substituents is 1. The molecule has 0 bridgehead atoms. The Balaban J connectivity index is 2.63. The highest BCUT2D eigenvalue weighted by Gasteiger charge is 2.14. The lowest BCUT2D eigenvalue weighted by molar-refractivity contribution is 0.0697. The van der Waals surface area contributed by atoms with Gasteiger partial charge in [0.25, 0.3) is 0 Å². The molecule has 0 amide bonds. The van der Waals surface area contributed by atoms with Crippen molar-refractivity contribution in [2.24, 2.45) is 0 Å². The van der Waals surface area contributed by atoms with E-state index in [4.69, 9.17) is 5.11 Å². The minimum absolute atomic E-state index is 0.180. The zero-order chi connectivity index (χ0) is 13.3. The molecule has 0 unspecified atom stereocenters. The predicted octanol–water partition coefficient (Wildman–Crippen LogP) is 3.04. The fraction of sp³-hybridized carbons (Fsp3) is 0. The number of hydrogen-bond donors (Lipinski definition) is 2. The Morgan fingerprint density at radius 3 is 2.33 bits per heavy atom. The highest BCUT2D eigenvalue weighted by molar-refractivity contribution is 5.96. The fourth-order valence-corrected chi connectivity index (χ4v) is 1.62. The third-order valence-electron chi connectivity index (χ3n) is 2.46. The molecule has 2 aromatic rings. The largest absolute Gasteiger partial charge is 0.508 e. The van der Waals surface area contributed by atoms with Crippen LogP contribution in [0, 0.1) is 11.6 Å². The van der Waals surface area contributed by atoms with Gasteiger partial charge >= 0.3 is 5.97 Å². The molecular weight excluding hydrogens is 242 g/mol. The average Bonchev–Trinajstić information content (AvgIpc) is 2.32. The zero-order valence-electron chi connectivity index (χ0n) is 9.02. The Hall–Kier alpha value is -2.43. The van der Waals surface area contributed by atoms with E-state index < -0.39 is 17.6 Å². The van der Waals surface area contributed by atoms with Crippen molar-refractivity contribution in [3.63, 3.8) is 0 Å². The molecule has 0 aliphatic carbocycles. The third-order valence-corrected chi connectivity index (χ3v) is 2.46. The molecule has 0 saturated carbocycles. The van der Waals surface area contributed by atoms with Gasteiger partial charge in [-0.15, -0.1) is 0 Å². The topological polar surface area (TPSA) is 57.5 Å². The molecule has 5 heteroatoms. The molecule has 0 fully saturated rings. The van der Waals surface area contributed by atoms with E-state index in [9.17, 15) is 18.7 Å². The fourth-order valence-electron chi connectivity index (χ4n) is 1.62. The van der Waals surface area contributed by atoms with E-state index in [1.807, 2.05) is 0 Å². The van der Waals surface area contributed by atoms with Gasteiger partial charge in [-0.3, -0.25) is 0 Å². The molecule has 3 nitrogen and oxygen atoms in total. The quantitative estimate of drug-likeness (QED) is 0.861. The SMILES string of the molecule is O=C(O)c1cc(O)ccc1-c1ccc(F)c(F)c1. The van der Waals surface area contributed by atoms with Crippen molar-refractivity contribution in [2.45, 2.75) is 0 Å². The van der Waals surface area contributed by atoms with Gasteiger partial charge in [0.2, 0.25) is 0 Å². The lowest BCUT2D eigenvalue weighted by atomic mass is 9.99. The summed E-state index contributed by atoms with van der Waals surface area (Å²) in [7, 11) is 0. The average molecular weight is 250 g/mol. The van der Waals surface area contributed by atoms with Crippen molar-refractivity contribution in [1.82, 2.24) is 0 Å². The second-order valence-corrected chi connectivity index (χ2v) is 3.66. The van der Waals surface area contributed by atoms with E-state index >= 15 is 0 Å². The van der Waals surface area contributed by atoms with E-state index in [2.05, 4.69) is 0 Å². The number of carboxylic acid groups (broad SMARTS) is 1. The summed E-state index contributed by atoms with van der Waals surface area (Å²) in [5, 5.41) is 18.2. The molecule has 0 spiro atoms. The van der Waals surface area contributed by atoms with Crippen molar-refractivity contribution in [3.8, 4) is 16.9 Å². The Morgan fingerprint density at radius 1 is 1.00 bits per heavy atom. The number of halogens is 2. The first-order valence-electron chi connectivity index (χ1n) is 5.01. The number of carbonyl (C=O) groups is 1. The summed E-state index contributed by atoms with van der Waals surface area (Å²) in [6, 6.07) is 6.78. The summed E-state index contributed by atoms with van der Waals surface area (Å²) in [5.74, 6) is -3.53. The Kier molecular flexibility index (Phi) is 2.97. The molecule has 18 heavy (non-hydrogen) atoms. The highest BCUT2D eigenvalue weighted by atomic mass is 19.2. The molecule has 0 radical (unpaired) electrons. The van der Waals surface area contributed by atoms with Crippen molar-refractivity contribution in [1.29, 1.82) is 0 Å². The summed E-state index contributed by atoms with van der Waals surface area (Å²) < 4.78 is 25.9. The number of benzene rings is 2. The lowest BCUT2D eigenvalue weighted by Gasteiger charge is -2.07. The van der Waals surface area contributed by atoms with Crippen LogP contribution in [0.3, 0.4) is 0 Å². The van der Waals surface area contributed by atoms with Crippen LogP contribution in [0.25, 0.3) is 11.1 Å². The van der Waals surface area contributed by atoms with Crippen LogP contribution in [0.1, 0.15) is 10.4 Å². The molecule has 0 aliphatic rings. The number of hydrogen-bond acceptors (Lipinski definition) is 2. The number of aromatic hydroxyl groups is 1. The van der Waals surface area contributed by atoms with Crippen molar-refractivity contribution < 1.29 is 23.8 Å². The van der Waals surface area contributed by atoms with Crippen molar-refractivity contribution in [2.75, 3.05) is 0 Å². The van der Waals surface area contributed by atoms with E-state index in [0.29, 0.717) is 0 Å². The molecule has 0 atom stereocenters. The first-order valence-corrected chi connectivity index (χ1v) is 5.01. The van der Waals surface area contributed by atoms with Gasteiger partial charge in [-0.1, -0.05) is 6.07 Å². The van der Waals surface area contributed by atoms with E-state index in [-0.39, 0.29) is 22.4 Å². The first-order chi connectivity index (χ1) is 8.49. The van der Waals surface area contributed by atoms with Crippen LogP contribution in [0.5, 0.6) is 5.75 Å². The molecule has 0 aliphatic heterocycles. The lowest BCUT2D eigenvalue weighted by Crippen LogP contribution is -1.99. The van der Waals surface area contributed by atoms with Gasteiger partial charge in [-0.25, -0.2) is 13.6 Å². The smallest absolute Gasteiger partial charge is 0.336 e. The van der Waals surface area contributed by atoms with Crippen molar-refractivity contribution in [3.05, 3.63) is 53.6 Å². The number of aromatic carboxylic acids is 1. The Labute approximate surface area is 101 Å². The first kappa shape index (κ1) is 12.0. The van der Waals surface area contributed by atoms with E-state index in [1.54, 1.807) is 0 Å². The zero-order valence-corrected chi connectivity index (χ0v) is 9.02. The molecule has 0 heterocycles. The summed E-state index contributed by atoms with van der Waals surface area (Å²) in [6.07, 6.45) is 0. The van der Waals surface area contributed by atoms with Crippen LogP contribution in [-0.4, -0.2) is 16.2 Å². The second-order valence-electron chi connectivity index (χ2n) is 3.66. The summed E-state index contributed by atoms with van der Waals surface area (Å²) >= 11 is 0. The van der Waals surface area contributed by atoms with Crippen LogP contribution in [-0.2, 0) is 0 Å². The van der Waals surface area contributed by atoms with Crippen LogP contribution >= 0.6 is 0 Å². The Morgan fingerprint density at radius 2 is 1.72 bits per heavy atom. The normalized spacial score (nSPS) is 10.3. The van der Waals surface area contributed by atoms with Gasteiger partial charge in [0.15, 0.2) is 11.6 Å². The maximum atomic E-state index is 13.1. The Bertz CT molecular complexity index is 624. The summed E-state index contributed by atoms with van der Waals surface area (Å²) in [4.78, 5) is 11.0. The second kappa shape index (κ2) is 4.44. The van der Waals surface area contributed by atoms with Gasteiger partial charge in [0.1, 0.15) is 5.75 Å². The number of phenols is 1. The number of carboxylic acids is 1. The molecule has 2 N–H and O–H groups in total. The van der Waals surface area contributed by atoms with E-state index in [0.717, 1.165) is 18.2 Å². The van der Waals surface area contributed by atoms with Crippen LogP contribution in [0.15, 0.2) is 36.4 Å². The molecule has 92 valence electrons. The van der Waals surface area contributed by atoms with Gasteiger partial charge in [-0.2, -0.15) is 0 Å².